The van der Waals surface area contributed by atoms with Gasteiger partial charge in [-0.2, -0.15) is 5.26 Å². The van der Waals surface area contributed by atoms with Crippen LogP contribution in [0.5, 0.6) is 5.75 Å². The Kier molecular flexibility index (Phi) is 4.96. The summed E-state index contributed by atoms with van der Waals surface area (Å²) in [6.07, 6.45) is 0. The van der Waals surface area contributed by atoms with Gasteiger partial charge in [0, 0.05) is 5.75 Å². The van der Waals surface area contributed by atoms with Crippen LogP contribution in [0.4, 0.5) is 0 Å². The lowest BCUT2D eigenvalue weighted by atomic mass is 10.2. The van der Waals surface area contributed by atoms with Crippen LogP contribution in [0.25, 0.3) is 0 Å². The topological polar surface area (TPSA) is 76.6 Å². The molecule has 0 saturated heterocycles. The van der Waals surface area contributed by atoms with Crippen LogP contribution in [0.3, 0.4) is 0 Å². The lowest BCUT2D eigenvalue weighted by Gasteiger charge is -2.08. The molecule has 0 atom stereocenters. The summed E-state index contributed by atoms with van der Waals surface area (Å²) in [4.78, 5) is 0. The maximum absolute atomic E-state index is 8.70. The third kappa shape index (κ3) is 3.71. The molecule has 0 N–H and O–H groups in total. The summed E-state index contributed by atoms with van der Waals surface area (Å²) in [6, 6.07) is 9.38. The van der Waals surface area contributed by atoms with E-state index in [0.29, 0.717) is 12.2 Å². The molecule has 0 aliphatic carbocycles. The van der Waals surface area contributed by atoms with Crippen LogP contribution in [0.15, 0.2) is 29.4 Å². The van der Waals surface area contributed by atoms with Gasteiger partial charge in [-0.3, -0.25) is 0 Å². The molecule has 7 heteroatoms. The van der Waals surface area contributed by atoms with Crippen LogP contribution in [-0.4, -0.2) is 32.6 Å². The maximum atomic E-state index is 8.70. The maximum Gasteiger partial charge on any atom is 0.209 e. The second kappa shape index (κ2) is 6.91. The fourth-order valence-electron chi connectivity index (χ4n) is 1.52. The van der Waals surface area contributed by atoms with Gasteiger partial charge in [-0.05, 0) is 48.5 Å². The fourth-order valence-corrected chi connectivity index (χ4v) is 2.35. The molecule has 1 heterocycles. The summed E-state index contributed by atoms with van der Waals surface area (Å²) in [6.45, 7) is 4.63. The second-order valence-corrected chi connectivity index (χ2v) is 5.39. The number of thioether (sulfide) groups is 1. The molecule has 20 heavy (non-hydrogen) atoms. The Morgan fingerprint density at radius 3 is 2.75 bits per heavy atom. The van der Waals surface area contributed by atoms with E-state index in [1.54, 1.807) is 40.7 Å². The average Bonchev–Trinajstić information content (AvgIpc) is 2.93. The van der Waals surface area contributed by atoms with E-state index in [1.807, 2.05) is 13.8 Å². The van der Waals surface area contributed by atoms with E-state index in [1.165, 1.54) is 0 Å². The molecule has 0 aliphatic rings. The van der Waals surface area contributed by atoms with Gasteiger partial charge in [0.2, 0.25) is 5.16 Å². The lowest BCUT2D eigenvalue weighted by Crippen LogP contribution is -2.06. The number of hydrogen-bond donors (Lipinski definition) is 0. The minimum absolute atomic E-state index is 0.243. The Hall–Kier alpha value is -2.07. The monoisotopic (exact) mass is 289 g/mol. The Bertz CT molecular complexity index is 588. The summed E-state index contributed by atoms with van der Waals surface area (Å²) in [5, 5.41) is 21.1. The van der Waals surface area contributed by atoms with E-state index in [9.17, 15) is 0 Å². The SMILES string of the molecule is CC(C)n1nnnc1SCCOc1ccc(C#N)cc1. The van der Waals surface area contributed by atoms with Gasteiger partial charge >= 0.3 is 0 Å². The second-order valence-electron chi connectivity index (χ2n) is 4.33. The standard InChI is InChI=1S/C13H15N5OS/c1-10(2)18-13(15-16-17-18)20-8-7-19-12-5-3-11(9-14)4-6-12/h3-6,10H,7-8H2,1-2H3. The van der Waals surface area contributed by atoms with Crippen molar-refractivity contribution in [2.45, 2.75) is 25.0 Å². The number of tetrazole rings is 1. The first-order chi connectivity index (χ1) is 9.70. The van der Waals surface area contributed by atoms with E-state index in [4.69, 9.17) is 10.00 Å². The number of nitrogens with zero attached hydrogens (tertiary/aromatic N) is 5. The molecular weight excluding hydrogens is 274 g/mol. The zero-order chi connectivity index (χ0) is 14.4. The summed E-state index contributed by atoms with van der Waals surface area (Å²) < 4.78 is 7.38. The summed E-state index contributed by atoms with van der Waals surface area (Å²) >= 11 is 1.56. The van der Waals surface area contributed by atoms with Crippen LogP contribution in [0, 0.1) is 11.3 Å². The number of hydrogen-bond acceptors (Lipinski definition) is 6. The number of benzene rings is 1. The molecule has 1 aromatic heterocycles. The molecule has 0 fully saturated rings. The third-order valence-electron chi connectivity index (χ3n) is 2.52. The Morgan fingerprint density at radius 2 is 2.10 bits per heavy atom. The number of aromatic nitrogens is 4. The largest absolute Gasteiger partial charge is 0.493 e. The first kappa shape index (κ1) is 14.3. The molecule has 1 aromatic carbocycles. The molecule has 0 bridgehead atoms. The molecule has 0 aliphatic heterocycles. The van der Waals surface area contributed by atoms with E-state index in [2.05, 4.69) is 21.6 Å². The van der Waals surface area contributed by atoms with Crippen molar-refractivity contribution in [1.82, 2.24) is 20.2 Å². The molecule has 2 rings (SSSR count). The Morgan fingerprint density at radius 1 is 1.35 bits per heavy atom. The molecule has 0 saturated carbocycles. The molecule has 0 spiro atoms. The molecule has 0 amide bonds. The first-order valence-corrected chi connectivity index (χ1v) is 7.23. The highest BCUT2D eigenvalue weighted by Crippen LogP contribution is 2.18. The minimum Gasteiger partial charge on any atom is -0.493 e. The van der Waals surface area contributed by atoms with Gasteiger partial charge < -0.3 is 4.74 Å². The lowest BCUT2D eigenvalue weighted by molar-refractivity contribution is 0.343. The van der Waals surface area contributed by atoms with Crippen molar-refractivity contribution in [2.75, 3.05) is 12.4 Å². The third-order valence-corrected chi connectivity index (χ3v) is 3.42. The normalized spacial score (nSPS) is 10.5. The summed E-state index contributed by atoms with van der Waals surface area (Å²) in [7, 11) is 0. The molecule has 0 radical (unpaired) electrons. The fraction of sp³-hybridized carbons (Fsp3) is 0.385. The molecule has 104 valence electrons. The Balaban J connectivity index is 1.78. The molecular formula is C13H15N5OS. The minimum atomic E-state index is 0.243. The predicted octanol–water partition coefficient (Wildman–Crippen LogP) is 2.30. The van der Waals surface area contributed by atoms with Crippen molar-refractivity contribution >= 4 is 11.8 Å². The van der Waals surface area contributed by atoms with Gasteiger partial charge in [-0.25, -0.2) is 4.68 Å². The van der Waals surface area contributed by atoms with Crippen LogP contribution >= 0.6 is 11.8 Å². The zero-order valence-corrected chi connectivity index (χ0v) is 12.2. The van der Waals surface area contributed by atoms with Crippen LogP contribution in [-0.2, 0) is 0 Å². The van der Waals surface area contributed by atoms with Gasteiger partial charge in [0.05, 0.1) is 24.3 Å². The van der Waals surface area contributed by atoms with E-state index in [0.717, 1.165) is 16.7 Å². The molecule has 0 unspecified atom stereocenters. The molecule has 2 aromatic rings. The van der Waals surface area contributed by atoms with Crippen LogP contribution in [0.2, 0.25) is 0 Å². The van der Waals surface area contributed by atoms with Gasteiger partial charge in [-0.1, -0.05) is 11.8 Å². The number of rotatable bonds is 6. The highest BCUT2D eigenvalue weighted by Gasteiger charge is 2.09. The first-order valence-electron chi connectivity index (χ1n) is 6.24. The number of nitriles is 1. The smallest absolute Gasteiger partial charge is 0.209 e. The van der Waals surface area contributed by atoms with Crippen molar-refractivity contribution in [3.63, 3.8) is 0 Å². The number of ether oxygens (including phenoxy) is 1. The van der Waals surface area contributed by atoms with Crippen molar-refractivity contribution in [3.05, 3.63) is 29.8 Å². The van der Waals surface area contributed by atoms with Gasteiger partial charge in [-0.15, -0.1) is 5.10 Å². The van der Waals surface area contributed by atoms with E-state index < -0.39 is 0 Å². The highest BCUT2D eigenvalue weighted by molar-refractivity contribution is 7.99. The van der Waals surface area contributed by atoms with Crippen LogP contribution < -0.4 is 4.74 Å². The quantitative estimate of drug-likeness (QED) is 0.600. The molecule has 6 nitrogen and oxygen atoms in total. The van der Waals surface area contributed by atoms with Crippen molar-refractivity contribution in [2.24, 2.45) is 0 Å². The Labute approximate surface area is 121 Å². The van der Waals surface area contributed by atoms with Gasteiger partial charge in [0.25, 0.3) is 0 Å². The zero-order valence-electron chi connectivity index (χ0n) is 11.4. The van der Waals surface area contributed by atoms with Gasteiger partial charge in [0.15, 0.2) is 0 Å². The summed E-state index contributed by atoms with van der Waals surface area (Å²) in [5.41, 5.74) is 0.628. The van der Waals surface area contributed by atoms with Gasteiger partial charge in [0.1, 0.15) is 5.75 Å². The van der Waals surface area contributed by atoms with E-state index in [-0.39, 0.29) is 6.04 Å². The predicted molar refractivity (Wildman–Crippen MR) is 75.6 cm³/mol. The average molecular weight is 289 g/mol. The summed E-state index contributed by atoms with van der Waals surface area (Å²) in [5.74, 6) is 1.51. The van der Waals surface area contributed by atoms with Crippen molar-refractivity contribution < 1.29 is 4.74 Å². The highest BCUT2D eigenvalue weighted by atomic mass is 32.2. The van der Waals surface area contributed by atoms with Crippen molar-refractivity contribution in [3.8, 4) is 11.8 Å². The van der Waals surface area contributed by atoms with E-state index >= 15 is 0 Å². The van der Waals surface area contributed by atoms with Crippen LogP contribution in [0.1, 0.15) is 25.5 Å². The van der Waals surface area contributed by atoms with Crippen molar-refractivity contribution in [1.29, 1.82) is 5.26 Å².